The smallest absolute Gasteiger partial charge is 0.187 e. The predicted molar refractivity (Wildman–Crippen MR) is 108 cm³/mol. The number of nitrogens with zero attached hydrogens (tertiary/aromatic N) is 2. The van der Waals surface area contributed by atoms with E-state index in [1.807, 2.05) is 24.3 Å². The standard InChI is InChI=1S/C20H25N3O2S/c1-13-10-16(15(3)23(13)14(2)11-24-4)18-12-26-20(22-18)21-17-8-6-7-9-19(17)25-5/h6-10,12,14H,11H2,1-5H3,(H,21,22). The molecule has 5 nitrogen and oxygen atoms in total. The number of aryl methyl sites for hydroxylation is 1. The SMILES string of the molecule is COCC(C)n1c(C)cc(-c2csc(Nc3ccccc3OC)n2)c1C. The highest BCUT2D eigenvalue weighted by Gasteiger charge is 2.17. The summed E-state index contributed by atoms with van der Waals surface area (Å²) < 4.78 is 13.0. The van der Waals surface area contributed by atoms with Crippen LogP contribution >= 0.6 is 11.3 Å². The molecule has 0 saturated heterocycles. The molecular formula is C20H25N3O2S. The molecule has 1 aromatic carbocycles. The minimum atomic E-state index is 0.290. The van der Waals surface area contributed by atoms with Gasteiger partial charge in [0.1, 0.15) is 5.75 Å². The van der Waals surface area contributed by atoms with Crippen LogP contribution < -0.4 is 10.1 Å². The number of anilines is 2. The predicted octanol–water partition coefficient (Wildman–Crippen LogP) is 5.19. The van der Waals surface area contributed by atoms with E-state index in [0.29, 0.717) is 12.6 Å². The number of nitrogens with one attached hydrogen (secondary N) is 1. The number of benzene rings is 1. The van der Waals surface area contributed by atoms with E-state index < -0.39 is 0 Å². The number of hydrogen-bond donors (Lipinski definition) is 1. The highest BCUT2D eigenvalue weighted by Crippen LogP contribution is 2.34. The molecule has 1 unspecified atom stereocenters. The fourth-order valence-electron chi connectivity index (χ4n) is 3.35. The third kappa shape index (κ3) is 3.61. The van der Waals surface area contributed by atoms with Gasteiger partial charge in [-0.2, -0.15) is 0 Å². The van der Waals surface area contributed by atoms with Crippen molar-refractivity contribution in [1.82, 2.24) is 9.55 Å². The number of aromatic nitrogens is 2. The number of ether oxygens (including phenoxy) is 2. The number of para-hydroxylation sites is 2. The van der Waals surface area contributed by atoms with Crippen LogP contribution in [-0.4, -0.2) is 30.4 Å². The Kier molecular flexibility index (Phi) is 5.64. The van der Waals surface area contributed by atoms with Crippen molar-refractivity contribution in [2.75, 3.05) is 26.1 Å². The Morgan fingerprint density at radius 1 is 1.23 bits per heavy atom. The first kappa shape index (κ1) is 18.5. The maximum Gasteiger partial charge on any atom is 0.187 e. The third-order valence-corrected chi connectivity index (χ3v) is 5.22. The van der Waals surface area contributed by atoms with Gasteiger partial charge in [-0.25, -0.2) is 4.98 Å². The van der Waals surface area contributed by atoms with Crippen LogP contribution in [0.5, 0.6) is 5.75 Å². The summed E-state index contributed by atoms with van der Waals surface area (Å²) in [6, 6.07) is 10.3. The average Bonchev–Trinajstić information content (AvgIpc) is 3.19. The summed E-state index contributed by atoms with van der Waals surface area (Å²) in [5, 5.41) is 6.29. The summed E-state index contributed by atoms with van der Waals surface area (Å²) in [5.41, 5.74) is 5.48. The normalized spacial score (nSPS) is 12.2. The maximum atomic E-state index is 5.40. The Morgan fingerprint density at radius 2 is 2.00 bits per heavy atom. The Balaban J connectivity index is 1.87. The zero-order valence-corrected chi connectivity index (χ0v) is 16.7. The van der Waals surface area contributed by atoms with Gasteiger partial charge >= 0.3 is 0 Å². The van der Waals surface area contributed by atoms with Crippen molar-refractivity contribution in [2.24, 2.45) is 0 Å². The molecule has 0 amide bonds. The largest absolute Gasteiger partial charge is 0.495 e. The molecular weight excluding hydrogens is 346 g/mol. The van der Waals surface area contributed by atoms with Crippen LogP contribution in [0.25, 0.3) is 11.3 Å². The molecule has 0 fully saturated rings. The topological polar surface area (TPSA) is 48.3 Å². The number of hydrogen-bond acceptors (Lipinski definition) is 5. The Morgan fingerprint density at radius 3 is 2.73 bits per heavy atom. The van der Waals surface area contributed by atoms with E-state index in [1.54, 1.807) is 25.6 Å². The van der Waals surface area contributed by atoms with Gasteiger partial charge in [-0.3, -0.25) is 0 Å². The molecule has 0 saturated carbocycles. The first-order valence-corrected chi connectivity index (χ1v) is 9.46. The second-order valence-corrected chi connectivity index (χ2v) is 7.18. The van der Waals surface area contributed by atoms with E-state index in [2.05, 4.69) is 42.1 Å². The van der Waals surface area contributed by atoms with Crippen molar-refractivity contribution in [1.29, 1.82) is 0 Å². The Hall–Kier alpha value is -2.31. The van der Waals surface area contributed by atoms with Crippen molar-refractivity contribution in [3.8, 4) is 17.0 Å². The van der Waals surface area contributed by atoms with Crippen molar-refractivity contribution < 1.29 is 9.47 Å². The van der Waals surface area contributed by atoms with E-state index in [-0.39, 0.29) is 0 Å². The Labute approximate surface area is 158 Å². The van der Waals surface area contributed by atoms with E-state index >= 15 is 0 Å². The summed E-state index contributed by atoms with van der Waals surface area (Å²) >= 11 is 1.59. The molecule has 2 heterocycles. The van der Waals surface area contributed by atoms with Crippen LogP contribution in [0.1, 0.15) is 24.4 Å². The van der Waals surface area contributed by atoms with Gasteiger partial charge in [-0.1, -0.05) is 12.1 Å². The quantitative estimate of drug-likeness (QED) is 0.621. The van der Waals surface area contributed by atoms with Gasteiger partial charge in [0.2, 0.25) is 0 Å². The van der Waals surface area contributed by atoms with E-state index in [0.717, 1.165) is 27.8 Å². The molecule has 2 aromatic heterocycles. The third-order valence-electron chi connectivity index (χ3n) is 4.46. The van der Waals surface area contributed by atoms with Gasteiger partial charge in [-0.05, 0) is 39.0 Å². The van der Waals surface area contributed by atoms with Crippen LogP contribution in [0.3, 0.4) is 0 Å². The minimum absolute atomic E-state index is 0.290. The maximum absolute atomic E-state index is 5.40. The monoisotopic (exact) mass is 371 g/mol. The lowest BCUT2D eigenvalue weighted by atomic mass is 10.2. The molecule has 1 N–H and O–H groups in total. The number of rotatable bonds is 7. The van der Waals surface area contributed by atoms with Crippen LogP contribution in [0.15, 0.2) is 35.7 Å². The molecule has 26 heavy (non-hydrogen) atoms. The summed E-state index contributed by atoms with van der Waals surface area (Å²) in [5.74, 6) is 0.802. The molecule has 0 spiro atoms. The first-order chi connectivity index (χ1) is 12.5. The fourth-order valence-corrected chi connectivity index (χ4v) is 4.07. The second kappa shape index (κ2) is 7.93. The van der Waals surface area contributed by atoms with Crippen LogP contribution in [0.4, 0.5) is 10.8 Å². The molecule has 138 valence electrons. The highest BCUT2D eigenvalue weighted by molar-refractivity contribution is 7.14. The fraction of sp³-hybridized carbons (Fsp3) is 0.350. The van der Waals surface area contributed by atoms with Crippen LogP contribution in [-0.2, 0) is 4.74 Å². The van der Waals surface area contributed by atoms with Crippen molar-refractivity contribution in [3.05, 3.63) is 47.1 Å². The summed E-state index contributed by atoms with van der Waals surface area (Å²) in [6.07, 6.45) is 0. The second-order valence-electron chi connectivity index (χ2n) is 6.32. The van der Waals surface area contributed by atoms with Crippen molar-refractivity contribution >= 4 is 22.2 Å². The van der Waals surface area contributed by atoms with Crippen LogP contribution in [0, 0.1) is 13.8 Å². The molecule has 3 rings (SSSR count). The van der Waals surface area contributed by atoms with Gasteiger partial charge in [0.05, 0.1) is 31.1 Å². The molecule has 0 aliphatic carbocycles. The van der Waals surface area contributed by atoms with Crippen molar-refractivity contribution in [3.63, 3.8) is 0 Å². The van der Waals surface area contributed by atoms with Crippen LogP contribution in [0.2, 0.25) is 0 Å². The molecule has 6 heteroatoms. The Bertz CT molecular complexity index is 885. The number of methoxy groups -OCH3 is 2. The summed E-state index contributed by atoms with van der Waals surface area (Å²) in [6.45, 7) is 7.13. The van der Waals surface area contributed by atoms with Gasteiger partial charge in [-0.15, -0.1) is 11.3 Å². The first-order valence-electron chi connectivity index (χ1n) is 8.58. The average molecular weight is 372 g/mol. The molecule has 0 aliphatic rings. The molecule has 3 aromatic rings. The lowest BCUT2D eigenvalue weighted by Gasteiger charge is -2.17. The zero-order valence-electron chi connectivity index (χ0n) is 15.9. The molecule has 0 radical (unpaired) electrons. The van der Waals surface area contributed by atoms with Gasteiger partial charge < -0.3 is 19.4 Å². The molecule has 0 bridgehead atoms. The van der Waals surface area contributed by atoms with E-state index in [9.17, 15) is 0 Å². The lowest BCUT2D eigenvalue weighted by Crippen LogP contribution is -2.13. The zero-order chi connectivity index (χ0) is 18.7. The van der Waals surface area contributed by atoms with E-state index in [1.165, 1.54) is 11.4 Å². The van der Waals surface area contributed by atoms with Gasteiger partial charge in [0.15, 0.2) is 5.13 Å². The van der Waals surface area contributed by atoms with Gasteiger partial charge in [0.25, 0.3) is 0 Å². The minimum Gasteiger partial charge on any atom is -0.495 e. The molecule has 0 aliphatic heterocycles. The van der Waals surface area contributed by atoms with Gasteiger partial charge in [0, 0.05) is 29.4 Å². The lowest BCUT2D eigenvalue weighted by molar-refractivity contribution is 0.161. The summed E-state index contributed by atoms with van der Waals surface area (Å²) in [7, 11) is 3.41. The highest BCUT2D eigenvalue weighted by atomic mass is 32.1. The molecule has 1 atom stereocenters. The van der Waals surface area contributed by atoms with E-state index in [4.69, 9.17) is 14.5 Å². The summed E-state index contributed by atoms with van der Waals surface area (Å²) in [4.78, 5) is 4.78. The number of thiazole rings is 1. The van der Waals surface area contributed by atoms with Crippen molar-refractivity contribution in [2.45, 2.75) is 26.8 Å².